The molecular weight excluding hydrogens is 324 g/mol. The van der Waals surface area contributed by atoms with E-state index in [0.29, 0.717) is 17.9 Å². The van der Waals surface area contributed by atoms with Gasteiger partial charge in [0.05, 0.1) is 17.8 Å². The van der Waals surface area contributed by atoms with Crippen LogP contribution in [0.3, 0.4) is 0 Å². The second kappa shape index (κ2) is 6.42. The fourth-order valence-corrected chi connectivity index (χ4v) is 3.12. The topological polar surface area (TPSA) is 99.9 Å². The lowest BCUT2D eigenvalue weighted by Crippen LogP contribution is -2.39. The first kappa shape index (κ1) is 17.3. The van der Waals surface area contributed by atoms with Gasteiger partial charge in [-0.15, -0.1) is 0 Å². The van der Waals surface area contributed by atoms with Crippen LogP contribution < -0.4 is 5.56 Å². The number of aromatic amines is 1. The van der Waals surface area contributed by atoms with Crippen LogP contribution in [0.2, 0.25) is 0 Å². The van der Waals surface area contributed by atoms with E-state index >= 15 is 0 Å². The number of carbonyl (C=O) groups excluding carboxylic acids is 1. The van der Waals surface area contributed by atoms with Gasteiger partial charge < -0.3 is 14.8 Å². The van der Waals surface area contributed by atoms with Gasteiger partial charge in [-0.1, -0.05) is 12.8 Å². The Bertz CT molecular complexity index is 833. The van der Waals surface area contributed by atoms with Crippen molar-refractivity contribution >= 4 is 11.7 Å². The van der Waals surface area contributed by atoms with Crippen molar-refractivity contribution in [1.82, 2.24) is 19.5 Å². The van der Waals surface area contributed by atoms with E-state index < -0.39 is 11.2 Å². The molecule has 1 aliphatic heterocycles. The molecule has 1 fully saturated rings. The number of ether oxygens (including phenoxy) is 1. The van der Waals surface area contributed by atoms with Crippen molar-refractivity contribution in [3.63, 3.8) is 0 Å². The average Bonchev–Trinajstić information content (AvgIpc) is 2.75. The number of carbonyl (C=O) groups is 1. The number of hydrogen-bond acceptors (Lipinski definition) is 5. The van der Waals surface area contributed by atoms with Gasteiger partial charge in [-0.3, -0.25) is 9.69 Å². The lowest BCUT2D eigenvalue weighted by Gasteiger charge is -2.31. The second-order valence-electron chi connectivity index (χ2n) is 7.40. The smallest absolute Gasteiger partial charge is 0.410 e. The molecule has 0 radical (unpaired) electrons. The molecule has 8 nitrogen and oxygen atoms in total. The molecule has 1 atom stereocenters. The Morgan fingerprint density at radius 3 is 2.80 bits per heavy atom. The fraction of sp³-hybridized carbons (Fsp3) is 0.588. The van der Waals surface area contributed by atoms with Crippen molar-refractivity contribution in [1.29, 1.82) is 0 Å². The summed E-state index contributed by atoms with van der Waals surface area (Å²) in [5.41, 5.74) is 0.0516. The minimum Gasteiger partial charge on any atom is -0.493 e. The zero-order chi connectivity index (χ0) is 18.2. The summed E-state index contributed by atoms with van der Waals surface area (Å²) in [5, 5.41) is 14.3. The normalized spacial score (nSPS) is 19.0. The summed E-state index contributed by atoms with van der Waals surface area (Å²) in [4.78, 5) is 28.5. The predicted molar refractivity (Wildman–Crippen MR) is 91.6 cm³/mol. The third-order valence-corrected chi connectivity index (χ3v) is 4.18. The number of hydrogen-bond donors (Lipinski definition) is 2. The van der Waals surface area contributed by atoms with E-state index in [-0.39, 0.29) is 18.0 Å². The van der Waals surface area contributed by atoms with E-state index in [2.05, 4.69) is 10.1 Å². The van der Waals surface area contributed by atoms with E-state index in [1.807, 2.05) is 20.8 Å². The molecule has 2 N–H and O–H groups in total. The average molecular weight is 348 g/mol. The summed E-state index contributed by atoms with van der Waals surface area (Å²) in [7, 11) is 0. The molecule has 1 saturated heterocycles. The largest absolute Gasteiger partial charge is 0.493 e. The summed E-state index contributed by atoms with van der Waals surface area (Å²) in [6.07, 6.45) is 3.31. The minimum absolute atomic E-state index is 0.234. The highest BCUT2D eigenvalue weighted by molar-refractivity contribution is 5.69. The zero-order valence-corrected chi connectivity index (χ0v) is 14.8. The summed E-state index contributed by atoms with van der Waals surface area (Å²) < 4.78 is 6.82. The highest BCUT2D eigenvalue weighted by Gasteiger charge is 2.32. The number of nitrogens with zero attached hydrogens (tertiary/aromatic N) is 3. The predicted octanol–water partition coefficient (Wildman–Crippen LogP) is 2.58. The van der Waals surface area contributed by atoms with Gasteiger partial charge in [-0.2, -0.15) is 9.61 Å². The molecule has 3 heterocycles. The van der Waals surface area contributed by atoms with Crippen molar-refractivity contribution in [2.75, 3.05) is 6.54 Å². The molecule has 2 aromatic heterocycles. The van der Waals surface area contributed by atoms with Gasteiger partial charge in [0.15, 0.2) is 0 Å². The van der Waals surface area contributed by atoms with E-state index in [1.165, 1.54) is 4.52 Å². The zero-order valence-electron chi connectivity index (χ0n) is 14.8. The van der Waals surface area contributed by atoms with Crippen molar-refractivity contribution in [2.45, 2.75) is 58.1 Å². The van der Waals surface area contributed by atoms with Gasteiger partial charge >= 0.3 is 6.09 Å². The molecule has 1 unspecified atom stereocenters. The van der Waals surface area contributed by atoms with Gasteiger partial charge in [0.25, 0.3) is 5.56 Å². The summed E-state index contributed by atoms with van der Waals surface area (Å²) in [6.45, 7) is 6.11. The molecule has 1 amide bonds. The number of H-pyrrole nitrogens is 1. The number of aromatic nitrogens is 3. The van der Waals surface area contributed by atoms with E-state index in [9.17, 15) is 14.7 Å². The van der Waals surface area contributed by atoms with E-state index in [0.717, 1.165) is 31.7 Å². The van der Waals surface area contributed by atoms with E-state index in [4.69, 9.17) is 4.74 Å². The Hall–Kier alpha value is -2.51. The van der Waals surface area contributed by atoms with Gasteiger partial charge in [0.2, 0.25) is 5.88 Å². The summed E-state index contributed by atoms with van der Waals surface area (Å²) in [6, 6.07) is 2.52. The summed E-state index contributed by atoms with van der Waals surface area (Å²) >= 11 is 0. The monoisotopic (exact) mass is 348 g/mol. The van der Waals surface area contributed by atoms with Gasteiger partial charge in [0, 0.05) is 12.6 Å². The molecule has 1 aliphatic rings. The number of rotatable bonds is 1. The summed E-state index contributed by atoms with van der Waals surface area (Å²) in [5.74, 6) is -0.234. The standard InChI is InChI=1S/C17H24N4O4/c1-17(2,3)25-16(24)20-8-6-4-5-7-12(20)11-9-13-18-14(22)10-15(23)21(13)19-11/h9-10,12,23H,4-8H2,1-3H3,(H,18,22). The fourth-order valence-electron chi connectivity index (χ4n) is 3.12. The molecule has 8 heteroatoms. The SMILES string of the molecule is CC(C)(C)OC(=O)N1CCCCCC1c1cc2[nH]c(=O)cc(O)n2n1. The molecule has 0 bridgehead atoms. The highest BCUT2D eigenvalue weighted by Crippen LogP contribution is 2.31. The molecule has 0 spiro atoms. The van der Waals surface area contributed by atoms with Gasteiger partial charge in [-0.25, -0.2) is 4.79 Å². The van der Waals surface area contributed by atoms with Crippen molar-refractivity contribution in [3.05, 3.63) is 28.2 Å². The Balaban J connectivity index is 1.97. The maximum absolute atomic E-state index is 12.6. The van der Waals surface area contributed by atoms with Crippen LogP contribution in [0.5, 0.6) is 5.88 Å². The van der Waals surface area contributed by atoms with Crippen LogP contribution >= 0.6 is 0 Å². The maximum atomic E-state index is 12.6. The highest BCUT2D eigenvalue weighted by atomic mass is 16.6. The van der Waals surface area contributed by atoms with Crippen molar-refractivity contribution < 1.29 is 14.6 Å². The first-order valence-corrected chi connectivity index (χ1v) is 8.56. The van der Waals surface area contributed by atoms with Crippen LogP contribution in [0.25, 0.3) is 5.65 Å². The molecule has 3 rings (SSSR count). The third kappa shape index (κ3) is 3.78. The Morgan fingerprint density at radius 2 is 2.08 bits per heavy atom. The number of likely N-dealkylation sites (tertiary alicyclic amines) is 1. The van der Waals surface area contributed by atoms with Gasteiger partial charge in [0.1, 0.15) is 11.2 Å². The maximum Gasteiger partial charge on any atom is 0.410 e. The van der Waals surface area contributed by atoms with Crippen LogP contribution in [0.1, 0.15) is 58.2 Å². The lowest BCUT2D eigenvalue weighted by atomic mass is 10.1. The Morgan fingerprint density at radius 1 is 1.32 bits per heavy atom. The van der Waals surface area contributed by atoms with Crippen LogP contribution in [-0.2, 0) is 4.74 Å². The van der Waals surface area contributed by atoms with Crippen LogP contribution in [0.15, 0.2) is 16.9 Å². The molecule has 136 valence electrons. The second-order valence-corrected chi connectivity index (χ2v) is 7.40. The number of nitrogens with one attached hydrogen (secondary N) is 1. The van der Waals surface area contributed by atoms with Crippen molar-refractivity contribution in [2.24, 2.45) is 0 Å². The van der Waals surface area contributed by atoms with Crippen LogP contribution in [0.4, 0.5) is 4.79 Å². The number of aromatic hydroxyl groups is 1. The van der Waals surface area contributed by atoms with E-state index in [1.54, 1.807) is 11.0 Å². The Kier molecular flexibility index (Phi) is 4.45. The quantitative estimate of drug-likeness (QED) is 0.825. The third-order valence-electron chi connectivity index (χ3n) is 4.18. The molecule has 25 heavy (non-hydrogen) atoms. The number of fused-ring (bicyclic) bond motifs is 1. The molecule has 2 aromatic rings. The first-order valence-electron chi connectivity index (χ1n) is 8.56. The lowest BCUT2D eigenvalue weighted by molar-refractivity contribution is 0.0159. The molecular formula is C17H24N4O4. The van der Waals surface area contributed by atoms with Crippen LogP contribution in [0, 0.1) is 0 Å². The molecule has 0 aromatic carbocycles. The van der Waals surface area contributed by atoms with Crippen molar-refractivity contribution in [3.8, 4) is 5.88 Å². The van der Waals surface area contributed by atoms with Gasteiger partial charge in [-0.05, 0) is 33.6 Å². The first-order chi connectivity index (χ1) is 11.7. The number of amides is 1. The molecule has 0 saturated carbocycles. The van der Waals surface area contributed by atoms with Crippen LogP contribution in [-0.4, -0.2) is 42.8 Å². The molecule has 0 aliphatic carbocycles. The minimum atomic E-state index is -0.573. The Labute approximate surface area is 145 Å².